The first kappa shape index (κ1) is 14.7. The van der Waals surface area contributed by atoms with Crippen LogP contribution >= 0.6 is 0 Å². The van der Waals surface area contributed by atoms with Gasteiger partial charge < -0.3 is 15.3 Å². The summed E-state index contributed by atoms with van der Waals surface area (Å²) in [5.41, 5.74) is 2.32. The number of nitrogens with zero attached hydrogens (tertiary/aromatic N) is 4. The minimum Gasteiger partial charge on any atom is -0.506 e. The number of pyridine rings is 1. The maximum atomic E-state index is 9.90. The van der Waals surface area contributed by atoms with Crippen molar-refractivity contribution in [2.45, 2.75) is 25.8 Å². The van der Waals surface area contributed by atoms with E-state index in [1.54, 1.807) is 12.3 Å². The van der Waals surface area contributed by atoms with Crippen molar-refractivity contribution in [2.75, 3.05) is 25.5 Å². The molecule has 0 aromatic carbocycles. The Balaban J connectivity index is 1.79. The van der Waals surface area contributed by atoms with Crippen LogP contribution in [0.15, 0.2) is 24.5 Å². The molecule has 1 atom stereocenters. The summed E-state index contributed by atoms with van der Waals surface area (Å²) in [6.45, 7) is 4.15. The van der Waals surface area contributed by atoms with Crippen LogP contribution in [0.4, 0.5) is 5.82 Å². The Morgan fingerprint density at radius 3 is 2.95 bits per heavy atom. The van der Waals surface area contributed by atoms with E-state index in [0.717, 1.165) is 30.9 Å². The van der Waals surface area contributed by atoms with E-state index in [1.165, 1.54) is 12.6 Å². The molecule has 3 rings (SSSR count). The fraction of sp³-hybridized carbons (Fsp3) is 0.438. The Labute approximate surface area is 130 Å². The number of hydrogen-bond donors (Lipinski definition) is 2. The molecule has 1 aliphatic rings. The van der Waals surface area contributed by atoms with Crippen LogP contribution in [-0.2, 0) is 0 Å². The Kier molecular flexibility index (Phi) is 4.20. The fourth-order valence-corrected chi connectivity index (χ4v) is 2.90. The normalized spacial score (nSPS) is 19.1. The zero-order chi connectivity index (χ0) is 15.5. The molecule has 1 unspecified atom stereocenters. The molecule has 2 aromatic heterocycles. The lowest BCUT2D eigenvalue weighted by molar-refractivity contribution is 0.260. The summed E-state index contributed by atoms with van der Waals surface area (Å²) in [7, 11) is 2.14. The van der Waals surface area contributed by atoms with Crippen LogP contribution < -0.4 is 5.32 Å². The molecule has 6 nitrogen and oxygen atoms in total. The van der Waals surface area contributed by atoms with Crippen molar-refractivity contribution in [1.29, 1.82) is 0 Å². The van der Waals surface area contributed by atoms with Crippen molar-refractivity contribution in [3.63, 3.8) is 0 Å². The molecule has 2 aromatic rings. The Hall–Kier alpha value is -2.21. The van der Waals surface area contributed by atoms with Crippen LogP contribution in [0.3, 0.4) is 0 Å². The van der Waals surface area contributed by atoms with Crippen LogP contribution in [0.2, 0.25) is 0 Å². The van der Waals surface area contributed by atoms with Gasteiger partial charge in [-0.15, -0.1) is 10.2 Å². The Bertz CT molecular complexity index is 661. The smallest absolute Gasteiger partial charge is 0.149 e. The SMILES string of the molecule is Cc1cc(NC2CCCN(C)C2)nnc1-c1ccncc1O. The largest absolute Gasteiger partial charge is 0.506 e. The third kappa shape index (κ3) is 3.17. The van der Waals surface area contributed by atoms with Gasteiger partial charge in [0.2, 0.25) is 0 Å². The van der Waals surface area contributed by atoms with Gasteiger partial charge in [0.25, 0.3) is 0 Å². The molecule has 3 heterocycles. The number of anilines is 1. The van der Waals surface area contributed by atoms with Gasteiger partial charge in [-0.25, -0.2) is 0 Å². The molecule has 0 saturated carbocycles. The second kappa shape index (κ2) is 6.27. The van der Waals surface area contributed by atoms with Gasteiger partial charge in [-0.1, -0.05) is 0 Å². The maximum absolute atomic E-state index is 9.90. The van der Waals surface area contributed by atoms with E-state index in [1.807, 2.05) is 13.0 Å². The van der Waals surface area contributed by atoms with Crippen molar-refractivity contribution >= 4 is 5.82 Å². The highest BCUT2D eigenvalue weighted by atomic mass is 16.3. The van der Waals surface area contributed by atoms with Gasteiger partial charge in [-0.05, 0) is 51.1 Å². The van der Waals surface area contributed by atoms with E-state index < -0.39 is 0 Å². The maximum Gasteiger partial charge on any atom is 0.149 e. The van der Waals surface area contributed by atoms with Gasteiger partial charge in [0, 0.05) is 24.3 Å². The van der Waals surface area contributed by atoms with Crippen LogP contribution in [-0.4, -0.2) is 51.4 Å². The summed E-state index contributed by atoms with van der Waals surface area (Å²) in [4.78, 5) is 6.21. The number of hydrogen-bond acceptors (Lipinski definition) is 6. The van der Waals surface area contributed by atoms with Crippen LogP contribution in [0.5, 0.6) is 5.75 Å². The van der Waals surface area contributed by atoms with E-state index in [2.05, 4.69) is 32.4 Å². The van der Waals surface area contributed by atoms with Gasteiger partial charge >= 0.3 is 0 Å². The fourth-order valence-electron chi connectivity index (χ4n) is 2.90. The molecule has 6 heteroatoms. The zero-order valence-electron chi connectivity index (χ0n) is 13.0. The molecule has 1 aliphatic heterocycles. The molecular formula is C16H21N5O. The third-order valence-corrected chi connectivity index (χ3v) is 4.02. The number of likely N-dealkylation sites (tertiary alicyclic amines) is 1. The number of aromatic hydroxyl groups is 1. The molecule has 0 spiro atoms. The predicted molar refractivity (Wildman–Crippen MR) is 85.8 cm³/mol. The van der Waals surface area contributed by atoms with Crippen molar-refractivity contribution in [3.05, 3.63) is 30.1 Å². The van der Waals surface area contributed by atoms with Crippen LogP contribution in [0, 0.1) is 6.92 Å². The average Bonchev–Trinajstić information content (AvgIpc) is 2.49. The molecule has 0 radical (unpaired) electrons. The topological polar surface area (TPSA) is 74.2 Å². The number of aromatic nitrogens is 3. The van der Waals surface area contributed by atoms with Crippen molar-refractivity contribution < 1.29 is 5.11 Å². The summed E-state index contributed by atoms with van der Waals surface area (Å²) in [6, 6.07) is 4.14. The predicted octanol–water partition coefficient (Wildman–Crippen LogP) is 2.06. The van der Waals surface area contributed by atoms with E-state index in [-0.39, 0.29) is 5.75 Å². The zero-order valence-corrected chi connectivity index (χ0v) is 13.0. The van der Waals surface area contributed by atoms with Gasteiger partial charge in [-0.2, -0.15) is 0 Å². The summed E-state index contributed by atoms with van der Waals surface area (Å²) < 4.78 is 0. The second-order valence-corrected chi connectivity index (χ2v) is 5.90. The molecule has 116 valence electrons. The van der Waals surface area contributed by atoms with E-state index in [9.17, 15) is 5.11 Å². The first-order chi connectivity index (χ1) is 10.6. The lowest BCUT2D eigenvalue weighted by Crippen LogP contribution is -2.39. The minimum atomic E-state index is 0.120. The summed E-state index contributed by atoms with van der Waals surface area (Å²) in [5, 5.41) is 21.9. The van der Waals surface area contributed by atoms with Gasteiger partial charge in [0.15, 0.2) is 0 Å². The highest BCUT2D eigenvalue weighted by Gasteiger charge is 2.18. The Morgan fingerprint density at radius 1 is 1.36 bits per heavy atom. The minimum absolute atomic E-state index is 0.120. The van der Waals surface area contributed by atoms with Crippen molar-refractivity contribution in [2.24, 2.45) is 0 Å². The average molecular weight is 299 g/mol. The number of likely N-dealkylation sites (N-methyl/N-ethyl adjacent to an activating group) is 1. The molecule has 0 aliphatic carbocycles. The lowest BCUT2D eigenvalue weighted by atomic mass is 10.1. The molecule has 0 bridgehead atoms. The standard InChI is InChI=1S/C16H21N5O/c1-11-8-15(18-12-4-3-7-21(2)10-12)19-20-16(11)13-5-6-17-9-14(13)22/h5-6,8-9,12,22H,3-4,7,10H2,1-2H3,(H,18,19). The Morgan fingerprint density at radius 2 is 2.23 bits per heavy atom. The van der Waals surface area contributed by atoms with Gasteiger partial charge in [0.1, 0.15) is 11.6 Å². The third-order valence-electron chi connectivity index (χ3n) is 4.02. The molecule has 22 heavy (non-hydrogen) atoms. The molecule has 0 amide bonds. The first-order valence-electron chi connectivity index (χ1n) is 7.56. The summed E-state index contributed by atoms with van der Waals surface area (Å²) in [5.74, 6) is 0.907. The number of nitrogens with one attached hydrogen (secondary N) is 1. The highest BCUT2D eigenvalue weighted by Crippen LogP contribution is 2.29. The van der Waals surface area contributed by atoms with Crippen molar-refractivity contribution in [1.82, 2.24) is 20.1 Å². The molecule has 1 saturated heterocycles. The van der Waals surface area contributed by atoms with Crippen LogP contribution in [0.25, 0.3) is 11.3 Å². The quantitative estimate of drug-likeness (QED) is 0.903. The molecule has 2 N–H and O–H groups in total. The monoisotopic (exact) mass is 299 g/mol. The van der Waals surface area contributed by atoms with E-state index in [4.69, 9.17) is 0 Å². The highest BCUT2D eigenvalue weighted by molar-refractivity contribution is 5.69. The van der Waals surface area contributed by atoms with Crippen molar-refractivity contribution in [3.8, 4) is 17.0 Å². The summed E-state index contributed by atoms with van der Waals surface area (Å²) >= 11 is 0. The molecule has 1 fully saturated rings. The summed E-state index contributed by atoms with van der Waals surface area (Å²) in [6.07, 6.45) is 5.40. The number of aryl methyl sites for hydroxylation is 1. The number of rotatable bonds is 3. The first-order valence-corrected chi connectivity index (χ1v) is 7.56. The lowest BCUT2D eigenvalue weighted by Gasteiger charge is -2.30. The van der Waals surface area contributed by atoms with Gasteiger partial charge in [0.05, 0.1) is 11.9 Å². The second-order valence-electron chi connectivity index (χ2n) is 5.90. The van der Waals surface area contributed by atoms with E-state index in [0.29, 0.717) is 17.3 Å². The number of piperidine rings is 1. The van der Waals surface area contributed by atoms with E-state index >= 15 is 0 Å². The molecular weight excluding hydrogens is 278 g/mol. The van der Waals surface area contributed by atoms with Crippen LogP contribution in [0.1, 0.15) is 18.4 Å². The van der Waals surface area contributed by atoms with Gasteiger partial charge in [-0.3, -0.25) is 4.98 Å².